The summed E-state index contributed by atoms with van der Waals surface area (Å²) in [7, 11) is 0. The lowest BCUT2D eigenvalue weighted by molar-refractivity contribution is 0.697. The van der Waals surface area contributed by atoms with E-state index in [1.807, 2.05) is 66.7 Å². The fourth-order valence-electron chi connectivity index (χ4n) is 4.17. The number of aromatic amines is 1. The predicted molar refractivity (Wildman–Crippen MR) is 128 cm³/mol. The van der Waals surface area contributed by atoms with Gasteiger partial charge in [0.05, 0.1) is 17.6 Å². The number of fused-ring (bicyclic) bond motifs is 1. The zero-order valence-electron chi connectivity index (χ0n) is 17.5. The maximum Gasteiger partial charge on any atom is 0.261 e. The third-order valence-electron chi connectivity index (χ3n) is 5.52. The summed E-state index contributed by atoms with van der Waals surface area (Å²) in [6, 6.07) is 30.4. The topological polar surface area (TPSA) is 88.7 Å². The molecule has 2 heterocycles. The second-order valence-corrected chi connectivity index (χ2v) is 7.62. The molecule has 32 heavy (non-hydrogen) atoms. The van der Waals surface area contributed by atoms with Crippen LogP contribution in [0.4, 0.5) is 0 Å². The van der Waals surface area contributed by atoms with Crippen molar-refractivity contribution in [1.29, 1.82) is 0 Å². The molecule has 0 aliphatic heterocycles. The molecule has 0 fully saturated rings. The Morgan fingerprint density at radius 1 is 0.844 bits per heavy atom. The first-order valence-corrected chi connectivity index (χ1v) is 10.5. The first-order valence-electron chi connectivity index (χ1n) is 10.5. The minimum absolute atomic E-state index is 0.178. The minimum atomic E-state index is -0.178. The van der Waals surface area contributed by atoms with E-state index < -0.39 is 0 Å². The number of hydrazine groups is 1. The second kappa shape index (κ2) is 8.63. The van der Waals surface area contributed by atoms with E-state index >= 15 is 0 Å². The SMILES string of the molecule is NNCc1nc2c(c(-c3ccccc3)c(-c3ccccc3)n2Cc2ccccc2)c(=O)[nH]1. The second-order valence-electron chi connectivity index (χ2n) is 7.62. The van der Waals surface area contributed by atoms with Crippen molar-refractivity contribution in [2.24, 2.45) is 5.84 Å². The van der Waals surface area contributed by atoms with Gasteiger partial charge in [0.15, 0.2) is 0 Å². The maximum atomic E-state index is 13.3. The molecule has 3 aromatic carbocycles. The van der Waals surface area contributed by atoms with Crippen molar-refractivity contribution in [1.82, 2.24) is 20.0 Å². The van der Waals surface area contributed by atoms with E-state index in [0.29, 0.717) is 23.4 Å². The van der Waals surface area contributed by atoms with Gasteiger partial charge in [0, 0.05) is 12.1 Å². The highest BCUT2D eigenvalue weighted by molar-refractivity contribution is 6.02. The summed E-state index contributed by atoms with van der Waals surface area (Å²) < 4.78 is 2.14. The Bertz CT molecular complexity index is 1410. The lowest BCUT2D eigenvalue weighted by Crippen LogP contribution is -2.24. The lowest BCUT2D eigenvalue weighted by atomic mass is 9.99. The average Bonchev–Trinajstić information content (AvgIpc) is 3.15. The van der Waals surface area contributed by atoms with Gasteiger partial charge >= 0.3 is 0 Å². The molecule has 0 atom stereocenters. The molecule has 0 saturated heterocycles. The zero-order valence-corrected chi connectivity index (χ0v) is 17.5. The van der Waals surface area contributed by atoms with Gasteiger partial charge in [-0.3, -0.25) is 16.1 Å². The third kappa shape index (κ3) is 3.62. The van der Waals surface area contributed by atoms with Crippen LogP contribution in [0, 0.1) is 0 Å². The fraction of sp³-hybridized carbons (Fsp3) is 0.0769. The van der Waals surface area contributed by atoms with E-state index in [4.69, 9.17) is 10.8 Å². The number of hydrogen-bond donors (Lipinski definition) is 3. The summed E-state index contributed by atoms with van der Waals surface area (Å²) in [6.07, 6.45) is 0. The number of nitrogens with zero attached hydrogens (tertiary/aromatic N) is 2. The molecule has 0 aliphatic carbocycles. The molecule has 5 aromatic rings. The van der Waals surface area contributed by atoms with Crippen molar-refractivity contribution in [3.63, 3.8) is 0 Å². The molecule has 0 radical (unpaired) electrons. The smallest absolute Gasteiger partial charge is 0.261 e. The van der Waals surface area contributed by atoms with Gasteiger partial charge in [0.25, 0.3) is 5.56 Å². The maximum absolute atomic E-state index is 13.3. The molecule has 0 spiro atoms. The Balaban J connectivity index is 1.91. The number of rotatable bonds is 6. The summed E-state index contributed by atoms with van der Waals surface area (Å²) >= 11 is 0. The lowest BCUT2D eigenvalue weighted by Gasteiger charge is -2.13. The molecular formula is C26H23N5O. The van der Waals surface area contributed by atoms with Crippen LogP contribution in [0.15, 0.2) is 95.8 Å². The summed E-state index contributed by atoms with van der Waals surface area (Å²) in [5.41, 5.74) is 8.02. The van der Waals surface area contributed by atoms with Gasteiger partial charge in [0.1, 0.15) is 11.5 Å². The molecule has 2 aromatic heterocycles. The highest BCUT2D eigenvalue weighted by Crippen LogP contribution is 2.39. The molecular weight excluding hydrogens is 398 g/mol. The van der Waals surface area contributed by atoms with Gasteiger partial charge in [-0.25, -0.2) is 4.98 Å². The van der Waals surface area contributed by atoms with Gasteiger partial charge in [-0.1, -0.05) is 91.0 Å². The van der Waals surface area contributed by atoms with Crippen molar-refractivity contribution in [2.75, 3.05) is 0 Å². The molecule has 0 saturated carbocycles. The standard InChI is InChI=1S/C26H23N5O/c27-28-16-21-29-25-23(26(32)30-21)22(19-12-6-2-7-13-19)24(20-14-8-3-9-15-20)31(25)17-18-10-4-1-5-11-18/h1-15,28H,16-17,27H2,(H,29,30,32). The van der Waals surface area contributed by atoms with Gasteiger partial charge < -0.3 is 9.55 Å². The van der Waals surface area contributed by atoms with Crippen LogP contribution >= 0.6 is 0 Å². The van der Waals surface area contributed by atoms with Gasteiger partial charge in [-0.15, -0.1) is 0 Å². The Morgan fingerprint density at radius 3 is 2.06 bits per heavy atom. The van der Waals surface area contributed by atoms with E-state index in [0.717, 1.165) is 27.9 Å². The van der Waals surface area contributed by atoms with Gasteiger partial charge in [-0.2, -0.15) is 0 Å². The molecule has 0 bridgehead atoms. The molecule has 0 amide bonds. The Hall–Kier alpha value is -4.00. The Morgan fingerprint density at radius 2 is 1.44 bits per heavy atom. The third-order valence-corrected chi connectivity index (χ3v) is 5.52. The summed E-state index contributed by atoms with van der Waals surface area (Å²) in [6.45, 7) is 0.851. The van der Waals surface area contributed by atoms with Crippen LogP contribution in [-0.4, -0.2) is 14.5 Å². The van der Waals surface area contributed by atoms with Crippen LogP contribution in [-0.2, 0) is 13.1 Å². The number of benzene rings is 3. The monoisotopic (exact) mass is 421 g/mol. The molecule has 6 heteroatoms. The van der Waals surface area contributed by atoms with Crippen molar-refractivity contribution in [2.45, 2.75) is 13.1 Å². The van der Waals surface area contributed by atoms with E-state index in [-0.39, 0.29) is 12.1 Å². The van der Waals surface area contributed by atoms with Crippen molar-refractivity contribution < 1.29 is 0 Å². The predicted octanol–water partition coefficient (Wildman–Crippen LogP) is 4.07. The average molecular weight is 422 g/mol. The largest absolute Gasteiger partial charge is 0.320 e. The zero-order chi connectivity index (χ0) is 21.9. The number of hydrogen-bond acceptors (Lipinski definition) is 4. The van der Waals surface area contributed by atoms with Gasteiger partial charge in [-0.05, 0) is 16.7 Å². The highest BCUT2D eigenvalue weighted by Gasteiger charge is 2.24. The molecule has 4 N–H and O–H groups in total. The van der Waals surface area contributed by atoms with E-state index in [1.54, 1.807) is 0 Å². The first kappa shape index (κ1) is 19.9. The van der Waals surface area contributed by atoms with Gasteiger partial charge in [0.2, 0.25) is 0 Å². The van der Waals surface area contributed by atoms with Crippen LogP contribution in [0.25, 0.3) is 33.4 Å². The summed E-state index contributed by atoms with van der Waals surface area (Å²) in [4.78, 5) is 21.1. The molecule has 0 unspecified atom stereocenters. The van der Waals surface area contributed by atoms with E-state index in [1.165, 1.54) is 0 Å². The van der Waals surface area contributed by atoms with Crippen LogP contribution in [0.3, 0.4) is 0 Å². The molecule has 158 valence electrons. The summed E-state index contributed by atoms with van der Waals surface area (Å²) in [5.74, 6) is 6.01. The van der Waals surface area contributed by atoms with Crippen LogP contribution in [0.2, 0.25) is 0 Å². The van der Waals surface area contributed by atoms with Crippen molar-refractivity contribution in [3.05, 3.63) is 113 Å². The summed E-state index contributed by atoms with van der Waals surface area (Å²) in [5, 5.41) is 0.576. The molecule has 5 rings (SSSR count). The molecule has 0 aliphatic rings. The minimum Gasteiger partial charge on any atom is -0.320 e. The number of nitrogens with two attached hydrogens (primary N) is 1. The number of aromatic nitrogens is 3. The van der Waals surface area contributed by atoms with Crippen LogP contribution in [0.1, 0.15) is 11.4 Å². The fourth-order valence-corrected chi connectivity index (χ4v) is 4.17. The van der Waals surface area contributed by atoms with E-state index in [9.17, 15) is 4.79 Å². The van der Waals surface area contributed by atoms with Crippen molar-refractivity contribution >= 4 is 11.0 Å². The Labute approximate surface area is 185 Å². The Kier molecular flexibility index (Phi) is 5.37. The van der Waals surface area contributed by atoms with E-state index in [2.05, 4.69) is 39.2 Å². The van der Waals surface area contributed by atoms with Crippen molar-refractivity contribution in [3.8, 4) is 22.4 Å². The molecule has 6 nitrogen and oxygen atoms in total. The number of H-pyrrole nitrogens is 1. The quantitative estimate of drug-likeness (QED) is 0.285. The highest BCUT2D eigenvalue weighted by atomic mass is 16.1. The first-order chi connectivity index (χ1) is 15.8. The van der Waals surface area contributed by atoms with Crippen LogP contribution in [0.5, 0.6) is 0 Å². The number of nitrogens with one attached hydrogen (secondary N) is 2. The normalized spacial score (nSPS) is 11.2. The van der Waals surface area contributed by atoms with Crippen LogP contribution < -0.4 is 16.8 Å².